The van der Waals surface area contributed by atoms with Crippen molar-refractivity contribution in [2.75, 3.05) is 27.7 Å². The molecule has 1 aromatic heterocycles. The Bertz CT molecular complexity index is 323. The maximum atomic E-state index is 4.19. The number of nitrogens with zero attached hydrogens (tertiary/aromatic N) is 2. The number of aliphatic imine (C=N–C) groups is 1. The molecule has 0 aliphatic carbocycles. The molecule has 0 fully saturated rings. The van der Waals surface area contributed by atoms with Crippen molar-refractivity contribution in [2.24, 2.45) is 10.9 Å². The average molecular weight is 367 g/mol. The Morgan fingerprint density at radius 3 is 2.71 bits per heavy atom. The molecule has 3 nitrogen and oxygen atoms in total. The number of thiophene rings is 1. The Kier molecular flexibility index (Phi) is 8.59. The zero-order chi connectivity index (χ0) is 12.0. The molecular weight excluding hydrogens is 345 g/mol. The van der Waals surface area contributed by atoms with Crippen LogP contribution in [0.15, 0.2) is 22.5 Å². The average Bonchev–Trinajstić information content (AvgIpc) is 2.70. The number of halogens is 1. The molecule has 1 heterocycles. The number of guanidine groups is 1. The first-order chi connectivity index (χ1) is 7.63. The second-order valence-electron chi connectivity index (χ2n) is 4.21. The van der Waals surface area contributed by atoms with Crippen LogP contribution < -0.4 is 5.32 Å². The summed E-state index contributed by atoms with van der Waals surface area (Å²) in [6.45, 7) is 3.22. The first-order valence-corrected chi connectivity index (χ1v) is 6.41. The van der Waals surface area contributed by atoms with E-state index >= 15 is 0 Å². The Balaban J connectivity index is 0.00000256. The number of rotatable bonds is 4. The van der Waals surface area contributed by atoms with Crippen LogP contribution in [0.5, 0.6) is 0 Å². The maximum Gasteiger partial charge on any atom is 0.193 e. The monoisotopic (exact) mass is 367 g/mol. The van der Waals surface area contributed by atoms with Gasteiger partial charge in [-0.3, -0.25) is 4.99 Å². The van der Waals surface area contributed by atoms with Crippen LogP contribution in [0.25, 0.3) is 0 Å². The Morgan fingerprint density at radius 2 is 2.24 bits per heavy atom. The van der Waals surface area contributed by atoms with Crippen molar-refractivity contribution < 1.29 is 0 Å². The summed E-state index contributed by atoms with van der Waals surface area (Å²) in [4.78, 5) is 7.64. The van der Waals surface area contributed by atoms with Crippen LogP contribution in [-0.4, -0.2) is 38.5 Å². The lowest BCUT2D eigenvalue weighted by atomic mass is 10.1. The summed E-state index contributed by atoms with van der Waals surface area (Å²) >= 11 is 1.83. The van der Waals surface area contributed by atoms with Gasteiger partial charge in [0.15, 0.2) is 5.96 Å². The van der Waals surface area contributed by atoms with E-state index in [9.17, 15) is 0 Å². The first kappa shape index (κ1) is 16.7. The van der Waals surface area contributed by atoms with Gasteiger partial charge in [-0.05, 0) is 23.8 Å². The van der Waals surface area contributed by atoms with Gasteiger partial charge in [0, 0.05) is 32.6 Å². The number of hydrogen-bond acceptors (Lipinski definition) is 2. The van der Waals surface area contributed by atoms with Crippen molar-refractivity contribution in [1.82, 2.24) is 10.2 Å². The van der Waals surface area contributed by atoms with Crippen molar-refractivity contribution in [2.45, 2.75) is 13.3 Å². The van der Waals surface area contributed by atoms with Gasteiger partial charge >= 0.3 is 0 Å². The normalized spacial score (nSPS) is 12.8. The SMILES string of the molecule is CN=C(NCC(C)Cc1cccs1)N(C)C.I. The fraction of sp³-hybridized carbons (Fsp3) is 0.583. The summed E-state index contributed by atoms with van der Waals surface area (Å²) in [6, 6.07) is 4.31. The Morgan fingerprint density at radius 1 is 1.53 bits per heavy atom. The van der Waals surface area contributed by atoms with Crippen LogP contribution in [-0.2, 0) is 6.42 Å². The van der Waals surface area contributed by atoms with Gasteiger partial charge in [-0.15, -0.1) is 35.3 Å². The zero-order valence-electron chi connectivity index (χ0n) is 10.9. The van der Waals surface area contributed by atoms with Crippen LogP contribution in [0.4, 0.5) is 0 Å². The van der Waals surface area contributed by atoms with Gasteiger partial charge in [0.05, 0.1) is 0 Å². The van der Waals surface area contributed by atoms with Gasteiger partial charge in [-0.25, -0.2) is 0 Å². The summed E-state index contributed by atoms with van der Waals surface area (Å²) in [6.07, 6.45) is 1.13. The first-order valence-electron chi connectivity index (χ1n) is 5.53. The van der Waals surface area contributed by atoms with E-state index in [4.69, 9.17) is 0 Å². The second kappa shape index (κ2) is 8.74. The van der Waals surface area contributed by atoms with Crippen LogP contribution in [0, 0.1) is 5.92 Å². The largest absolute Gasteiger partial charge is 0.356 e. The number of hydrogen-bond donors (Lipinski definition) is 1. The van der Waals surface area contributed by atoms with Crippen LogP contribution >= 0.6 is 35.3 Å². The highest BCUT2D eigenvalue weighted by Crippen LogP contribution is 2.13. The van der Waals surface area contributed by atoms with E-state index in [1.807, 2.05) is 37.4 Å². The molecule has 0 bridgehead atoms. The minimum Gasteiger partial charge on any atom is -0.356 e. The molecule has 1 N–H and O–H groups in total. The third-order valence-electron chi connectivity index (χ3n) is 2.37. The molecule has 0 saturated heterocycles. The molecule has 0 radical (unpaired) electrons. The quantitative estimate of drug-likeness (QED) is 0.504. The lowest BCUT2D eigenvalue weighted by molar-refractivity contribution is 0.525. The summed E-state index contributed by atoms with van der Waals surface area (Å²) in [5.41, 5.74) is 0. The van der Waals surface area contributed by atoms with Gasteiger partial charge in [-0.2, -0.15) is 0 Å². The number of nitrogens with one attached hydrogen (secondary N) is 1. The molecule has 17 heavy (non-hydrogen) atoms. The molecule has 0 aliphatic rings. The molecule has 5 heteroatoms. The smallest absolute Gasteiger partial charge is 0.193 e. The third kappa shape index (κ3) is 6.26. The minimum absolute atomic E-state index is 0. The molecule has 0 aromatic carbocycles. The predicted molar refractivity (Wildman–Crippen MR) is 87.7 cm³/mol. The maximum absolute atomic E-state index is 4.19. The van der Waals surface area contributed by atoms with E-state index in [1.165, 1.54) is 4.88 Å². The Hall–Kier alpha value is -0.300. The van der Waals surface area contributed by atoms with E-state index in [0.717, 1.165) is 18.9 Å². The fourth-order valence-corrected chi connectivity index (χ4v) is 2.42. The fourth-order valence-electron chi connectivity index (χ4n) is 1.55. The second-order valence-corrected chi connectivity index (χ2v) is 5.24. The van der Waals surface area contributed by atoms with Crippen molar-refractivity contribution in [3.63, 3.8) is 0 Å². The molecular formula is C12H22IN3S. The van der Waals surface area contributed by atoms with Crippen LogP contribution in [0.3, 0.4) is 0 Å². The van der Waals surface area contributed by atoms with E-state index in [-0.39, 0.29) is 24.0 Å². The van der Waals surface area contributed by atoms with Crippen molar-refractivity contribution in [3.05, 3.63) is 22.4 Å². The topological polar surface area (TPSA) is 27.6 Å². The standard InChI is InChI=1S/C12H21N3S.HI/c1-10(8-11-6-5-7-16-11)9-14-12(13-2)15(3)4;/h5-7,10H,8-9H2,1-4H3,(H,13,14);1H. The summed E-state index contributed by atoms with van der Waals surface area (Å²) < 4.78 is 0. The molecule has 0 amide bonds. The summed E-state index contributed by atoms with van der Waals surface area (Å²) in [5, 5.41) is 5.49. The van der Waals surface area contributed by atoms with Gasteiger partial charge in [0.1, 0.15) is 0 Å². The molecule has 0 spiro atoms. The van der Waals surface area contributed by atoms with Crippen LogP contribution in [0.1, 0.15) is 11.8 Å². The zero-order valence-corrected chi connectivity index (χ0v) is 14.1. The molecule has 1 unspecified atom stereocenters. The molecule has 98 valence electrons. The van der Waals surface area contributed by atoms with Gasteiger partial charge in [0.25, 0.3) is 0 Å². The summed E-state index contributed by atoms with van der Waals surface area (Å²) in [7, 11) is 5.81. The summed E-state index contributed by atoms with van der Waals surface area (Å²) in [5.74, 6) is 1.56. The van der Waals surface area contributed by atoms with Crippen LogP contribution in [0.2, 0.25) is 0 Å². The van der Waals surface area contributed by atoms with Crippen molar-refractivity contribution >= 4 is 41.3 Å². The highest BCUT2D eigenvalue weighted by atomic mass is 127. The van der Waals surface area contributed by atoms with Crippen molar-refractivity contribution in [1.29, 1.82) is 0 Å². The highest BCUT2D eigenvalue weighted by molar-refractivity contribution is 14.0. The van der Waals surface area contributed by atoms with Gasteiger partial charge < -0.3 is 10.2 Å². The van der Waals surface area contributed by atoms with Gasteiger partial charge in [-0.1, -0.05) is 13.0 Å². The van der Waals surface area contributed by atoms with E-state index in [1.54, 1.807) is 0 Å². The molecule has 0 aliphatic heterocycles. The lowest BCUT2D eigenvalue weighted by Crippen LogP contribution is -2.38. The van der Waals surface area contributed by atoms with E-state index in [0.29, 0.717) is 5.92 Å². The lowest BCUT2D eigenvalue weighted by Gasteiger charge is -2.19. The molecule has 1 aromatic rings. The minimum atomic E-state index is 0. The molecule has 1 atom stereocenters. The molecule has 0 saturated carbocycles. The Labute approximate surface area is 125 Å². The molecule has 1 rings (SSSR count). The highest BCUT2D eigenvalue weighted by Gasteiger charge is 2.06. The predicted octanol–water partition coefficient (Wildman–Crippen LogP) is 2.68. The third-order valence-corrected chi connectivity index (χ3v) is 3.27. The van der Waals surface area contributed by atoms with Gasteiger partial charge in [0.2, 0.25) is 0 Å². The van der Waals surface area contributed by atoms with Crippen molar-refractivity contribution in [3.8, 4) is 0 Å². The van der Waals surface area contributed by atoms with E-state index < -0.39 is 0 Å². The van der Waals surface area contributed by atoms with E-state index in [2.05, 4.69) is 34.7 Å².